The molecule has 2 aliphatic rings. The Bertz CT molecular complexity index is 934. The van der Waals surface area contributed by atoms with E-state index < -0.39 is 11.9 Å². The topological polar surface area (TPSA) is 85.1 Å². The van der Waals surface area contributed by atoms with Gasteiger partial charge in [0.15, 0.2) is 6.10 Å². The Morgan fingerprint density at radius 3 is 2.55 bits per heavy atom. The zero-order chi connectivity index (χ0) is 20.5. The minimum atomic E-state index is -0.671. The number of rotatable bonds is 4. The standard InChI is InChI=1S/C21H22FN3O4/c1-13-10-19(29-16-6-7-17(22)18(23)11-16)21(27)25(13)15-4-2-14(3-5-15)24-8-9-28-12-20(24)26/h2-7,11,13,19H,8-10,12,23H2,1H3. The van der Waals surface area contributed by atoms with Crippen LogP contribution in [0.1, 0.15) is 13.3 Å². The van der Waals surface area contributed by atoms with Gasteiger partial charge in [0.1, 0.15) is 18.2 Å². The molecule has 2 unspecified atom stereocenters. The van der Waals surface area contributed by atoms with E-state index in [1.54, 1.807) is 9.80 Å². The third kappa shape index (κ3) is 3.75. The predicted octanol–water partition coefficient (Wildman–Crippen LogP) is 2.34. The molecule has 0 aliphatic carbocycles. The Morgan fingerprint density at radius 2 is 1.86 bits per heavy atom. The number of amides is 2. The lowest BCUT2D eigenvalue weighted by molar-refractivity contribution is -0.125. The maximum atomic E-state index is 13.3. The third-order valence-corrected chi connectivity index (χ3v) is 5.18. The highest BCUT2D eigenvalue weighted by Crippen LogP contribution is 2.31. The maximum Gasteiger partial charge on any atom is 0.268 e. The highest BCUT2D eigenvalue weighted by atomic mass is 19.1. The van der Waals surface area contributed by atoms with E-state index in [1.165, 1.54) is 18.2 Å². The van der Waals surface area contributed by atoms with Gasteiger partial charge in [-0.1, -0.05) is 0 Å². The molecule has 4 rings (SSSR count). The second kappa shape index (κ2) is 7.71. The average molecular weight is 399 g/mol. The number of nitrogen functional groups attached to an aromatic ring is 1. The molecule has 2 heterocycles. The number of anilines is 3. The number of hydrogen-bond donors (Lipinski definition) is 1. The lowest BCUT2D eigenvalue weighted by Crippen LogP contribution is -2.41. The Morgan fingerprint density at radius 1 is 1.14 bits per heavy atom. The molecule has 2 saturated heterocycles. The van der Waals surface area contributed by atoms with Crippen LogP contribution >= 0.6 is 0 Å². The van der Waals surface area contributed by atoms with Gasteiger partial charge in [0, 0.05) is 36.4 Å². The molecule has 2 fully saturated rings. The molecule has 2 aliphatic heterocycles. The fourth-order valence-electron chi connectivity index (χ4n) is 3.71. The molecule has 0 aromatic heterocycles. The molecule has 2 N–H and O–H groups in total. The van der Waals surface area contributed by atoms with Crippen molar-refractivity contribution >= 4 is 28.9 Å². The van der Waals surface area contributed by atoms with Gasteiger partial charge in [-0.2, -0.15) is 0 Å². The minimum absolute atomic E-state index is 0.0221. The van der Waals surface area contributed by atoms with E-state index in [0.717, 1.165) is 11.4 Å². The molecule has 8 heteroatoms. The molecule has 2 atom stereocenters. The van der Waals surface area contributed by atoms with E-state index in [9.17, 15) is 14.0 Å². The number of ether oxygens (including phenoxy) is 2. The van der Waals surface area contributed by atoms with Crippen molar-refractivity contribution in [1.29, 1.82) is 0 Å². The molecule has 0 saturated carbocycles. The number of nitrogens with zero attached hydrogens (tertiary/aromatic N) is 2. The van der Waals surface area contributed by atoms with Gasteiger partial charge < -0.3 is 25.0 Å². The molecule has 0 bridgehead atoms. The fourth-order valence-corrected chi connectivity index (χ4v) is 3.71. The van der Waals surface area contributed by atoms with Crippen LogP contribution in [0.5, 0.6) is 5.75 Å². The number of halogens is 1. The van der Waals surface area contributed by atoms with Gasteiger partial charge >= 0.3 is 0 Å². The largest absolute Gasteiger partial charge is 0.480 e. The monoisotopic (exact) mass is 399 g/mol. The first kappa shape index (κ1) is 19.2. The molecule has 2 aromatic rings. The second-order valence-corrected chi connectivity index (χ2v) is 7.20. The zero-order valence-electron chi connectivity index (χ0n) is 16.0. The minimum Gasteiger partial charge on any atom is -0.480 e. The van der Waals surface area contributed by atoms with Crippen LogP contribution in [0.15, 0.2) is 42.5 Å². The molecule has 7 nitrogen and oxygen atoms in total. The van der Waals surface area contributed by atoms with Crippen molar-refractivity contribution in [2.24, 2.45) is 0 Å². The van der Waals surface area contributed by atoms with Crippen molar-refractivity contribution in [3.63, 3.8) is 0 Å². The number of morpholine rings is 1. The molecule has 2 aromatic carbocycles. The number of nitrogens with two attached hydrogens (primary N) is 1. The number of hydrogen-bond acceptors (Lipinski definition) is 5. The summed E-state index contributed by atoms with van der Waals surface area (Å²) in [5, 5.41) is 0. The van der Waals surface area contributed by atoms with Crippen LogP contribution in [0.3, 0.4) is 0 Å². The van der Waals surface area contributed by atoms with E-state index >= 15 is 0 Å². The summed E-state index contributed by atoms with van der Waals surface area (Å²) in [6.45, 7) is 3.03. The smallest absolute Gasteiger partial charge is 0.268 e. The SMILES string of the molecule is CC1CC(Oc2ccc(F)c(N)c2)C(=O)N1c1ccc(N2CCOCC2=O)cc1. The summed E-state index contributed by atoms with van der Waals surface area (Å²) in [6.07, 6.45) is -0.171. The lowest BCUT2D eigenvalue weighted by Gasteiger charge is -2.28. The Labute approximate surface area is 167 Å². The molecule has 29 heavy (non-hydrogen) atoms. The van der Waals surface area contributed by atoms with Gasteiger partial charge in [0.2, 0.25) is 0 Å². The van der Waals surface area contributed by atoms with Crippen molar-refractivity contribution in [2.45, 2.75) is 25.5 Å². The van der Waals surface area contributed by atoms with Gasteiger partial charge in [-0.3, -0.25) is 9.59 Å². The Kier molecular flexibility index (Phi) is 5.10. The first-order valence-electron chi connectivity index (χ1n) is 9.47. The quantitative estimate of drug-likeness (QED) is 0.798. The molecule has 0 spiro atoms. The fraction of sp³-hybridized carbons (Fsp3) is 0.333. The molecule has 152 valence electrons. The van der Waals surface area contributed by atoms with Crippen LogP contribution in [0.25, 0.3) is 0 Å². The lowest BCUT2D eigenvalue weighted by atomic mass is 10.2. The van der Waals surface area contributed by atoms with Gasteiger partial charge in [-0.25, -0.2) is 4.39 Å². The van der Waals surface area contributed by atoms with Crippen LogP contribution in [-0.4, -0.2) is 43.7 Å². The van der Waals surface area contributed by atoms with Crippen molar-refractivity contribution in [3.8, 4) is 5.75 Å². The highest BCUT2D eigenvalue weighted by Gasteiger charge is 2.39. The molecular weight excluding hydrogens is 377 g/mol. The van der Waals surface area contributed by atoms with E-state index in [-0.39, 0.29) is 30.2 Å². The first-order valence-corrected chi connectivity index (χ1v) is 9.47. The Balaban J connectivity index is 1.49. The zero-order valence-corrected chi connectivity index (χ0v) is 16.0. The summed E-state index contributed by atoms with van der Waals surface area (Å²) >= 11 is 0. The summed E-state index contributed by atoms with van der Waals surface area (Å²) < 4.78 is 24.3. The summed E-state index contributed by atoms with van der Waals surface area (Å²) in [7, 11) is 0. The van der Waals surface area contributed by atoms with Crippen LogP contribution in [0.4, 0.5) is 21.5 Å². The van der Waals surface area contributed by atoms with Crippen molar-refractivity contribution in [1.82, 2.24) is 0 Å². The van der Waals surface area contributed by atoms with Crippen LogP contribution in [-0.2, 0) is 14.3 Å². The number of carbonyl (C=O) groups is 2. The average Bonchev–Trinajstić information content (AvgIpc) is 2.98. The van der Waals surface area contributed by atoms with Crippen LogP contribution in [0, 0.1) is 5.82 Å². The van der Waals surface area contributed by atoms with Crippen molar-refractivity contribution in [2.75, 3.05) is 35.3 Å². The van der Waals surface area contributed by atoms with Gasteiger partial charge in [0.05, 0.1) is 12.3 Å². The molecular formula is C21H22FN3O4. The van der Waals surface area contributed by atoms with Gasteiger partial charge in [0.25, 0.3) is 11.8 Å². The highest BCUT2D eigenvalue weighted by molar-refractivity contribution is 6.00. The van der Waals surface area contributed by atoms with Crippen molar-refractivity contribution < 1.29 is 23.5 Å². The summed E-state index contributed by atoms with van der Waals surface area (Å²) in [5.41, 5.74) is 7.06. The van der Waals surface area contributed by atoms with Crippen molar-refractivity contribution in [3.05, 3.63) is 48.3 Å². The summed E-state index contributed by atoms with van der Waals surface area (Å²) in [6, 6.07) is 11.3. The van der Waals surface area contributed by atoms with E-state index in [1.807, 2.05) is 31.2 Å². The van der Waals surface area contributed by atoms with E-state index in [4.69, 9.17) is 15.2 Å². The third-order valence-electron chi connectivity index (χ3n) is 5.18. The second-order valence-electron chi connectivity index (χ2n) is 7.20. The number of benzene rings is 2. The molecule has 2 amide bonds. The van der Waals surface area contributed by atoms with E-state index in [2.05, 4.69) is 0 Å². The summed E-state index contributed by atoms with van der Waals surface area (Å²) in [5.74, 6) is -0.418. The molecule has 0 radical (unpaired) electrons. The maximum absolute atomic E-state index is 13.3. The Hall–Kier alpha value is -3.13. The predicted molar refractivity (Wildman–Crippen MR) is 106 cm³/mol. The number of carbonyl (C=O) groups excluding carboxylic acids is 2. The van der Waals surface area contributed by atoms with Gasteiger partial charge in [-0.05, 0) is 43.3 Å². The normalized spacial score (nSPS) is 22.3. The van der Waals surface area contributed by atoms with Crippen LogP contribution < -0.4 is 20.3 Å². The summed E-state index contributed by atoms with van der Waals surface area (Å²) in [4.78, 5) is 28.3. The first-order chi connectivity index (χ1) is 13.9. The van der Waals surface area contributed by atoms with Gasteiger partial charge in [-0.15, -0.1) is 0 Å². The van der Waals surface area contributed by atoms with Crippen LogP contribution in [0.2, 0.25) is 0 Å². The van der Waals surface area contributed by atoms with E-state index in [0.29, 0.717) is 25.3 Å².